The number of carbonyl (C=O) groups excluding carboxylic acids is 1. The molecule has 1 heterocycles. The first kappa shape index (κ1) is 11.3. The normalized spacial score (nSPS) is 10.2. The zero-order valence-electron chi connectivity index (χ0n) is 9.26. The van der Waals surface area contributed by atoms with E-state index in [1.54, 1.807) is 23.6 Å². The maximum absolute atomic E-state index is 12.8. The van der Waals surface area contributed by atoms with Crippen LogP contribution in [0.3, 0.4) is 0 Å². The average Bonchev–Trinajstić information content (AvgIpc) is 2.79. The van der Waals surface area contributed by atoms with Gasteiger partial charge in [-0.15, -0.1) is 0 Å². The minimum Gasteiger partial charge on any atom is -0.461 e. The molecule has 4 nitrogen and oxygen atoms in total. The predicted molar refractivity (Wildman–Crippen MR) is 59.5 cm³/mol. The fourth-order valence-corrected chi connectivity index (χ4v) is 1.46. The van der Waals surface area contributed by atoms with E-state index in [1.165, 1.54) is 24.7 Å². The molecule has 1 aromatic heterocycles. The third-order valence-electron chi connectivity index (χ3n) is 2.23. The Balaban J connectivity index is 2.36. The van der Waals surface area contributed by atoms with E-state index in [0.29, 0.717) is 18.0 Å². The monoisotopic (exact) mass is 234 g/mol. The molecule has 5 heteroatoms. The lowest BCUT2D eigenvalue weighted by molar-refractivity contribution is 0.0517. The van der Waals surface area contributed by atoms with Crippen LogP contribution in [0, 0.1) is 5.82 Å². The van der Waals surface area contributed by atoms with Crippen molar-refractivity contribution in [2.24, 2.45) is 0 Å². The van der Waals surface area contributed by atoms with Crippen molar-refractivity contribution in [1.82, 2.24) is 9.55 Å². The zero-order chi connectivity index (χ0) is 12.3. The Labute approximate surface area is 97.7 Å². The first-order chi connectivity index (χ1) is 8.22. The van der Waals surface area contributed by atoms with Gasteiger partial charge in [0.25, 0.3) is 0 Å². The van der Waals surface area contributed by atoms with Crippen LogP contribution in [-0.2, 0) is 4.74 Å². The summed E-state index contributed by atoms with van der Waals surface area (Å²) in [5.74, 6) is -0.777. The van der Waals surface area contributed by atoms with Gasteiger partial charge in [0.2, 0.25) is 0 Å². The van der Waals surface area contributed by atoms with E-state index in [4.69, 9.17) is 4.74 Å². The number of benzene rings is 1. The summed E-state index contributed by atoms with van der Waals surface area (Å²) in [6.45, 7) is 2.03. The highest BCUT2D eigenvalue weighted by Crippen LogP contribution is 2.12. The number of nitrogens with zero attached hydrogens (tertiary/aromatic N) is 2. The maximum Gasteiger partial charge on any atom is 0.356 e. The van der Waals surface area contributed by atoms with E-state index in [9.17, 15) is 9.18 Å². The van der Waals surface area contributed by atoms with Crippen LogP contribution in [0.5, 0.6) is 0 Å². The number of imidazole rings is 1. The summed E-state index contributed by atoms with van der Waals surface area (Å²) in [7, 11) is 0. The molecule has 88 valence electrons. The van der Waals surface area contributed by atoms with Gasteiger partial charge in [0, 0.05) is 5.69 Å². The van der Waals surface area contributed by atoms with E-state index in [0.717, 1.165) is 0 Å². The third kappa shape index (κ3) is 2.33. The summed E-state index contributed by atoms with van der Waals surface area (Å²) >= 11 is 0. The van der Waals surface area contributed by atoms with Crippen molar-refractivity contribution in [3.63, 3.8) is 0 Å². The summed E-state index contributed by atoms with van der Waals surface area (Å²) in [5, 5.41) is 0. The second kappa shape index (κ2) is 4.78. The minimum atomic E-state index is -0.450. The van der Waals surface area contributed by atoms with E-state index in [2.05, 4.69) is 4.98 Å². The molecular weight excluding hydrogens is 223 g/mol. The number of carbonyl (C=O) groups is 1. The molecule has 0 atom stereocenters. The number of esters is 1. The first-order valence-electron chi connectivity index (χ1n) is 5.17. The second-order valence-electron chi connectivity index (χ2n) is 3.35. The lowest BCUT2D eigenvalue weighted by Crippen LogP contribution is -2.10. The van der Waals surface area contributed by atoms with Crippen molar-refractivity contribution < 1.29 is 13.9 Å². The first-order valence-corrected chi connectivity index (χ1v) is 5.17. The molecule has 1 aromatic carbocycles. The largest absolute Gasteiger partial charge is 0.461 e. The molecule has 0 radical (unpaired) electrons. The smallest absolute Gasteiger partial charge is 0.356 e. The van der Waals surface area contributed by atoms with Crippen LogP contribution in [0.4, 0.5) is 4.39 Å². The van der Waals surface area contributed by atoms with Crippen molar-refractivity contribution >= 4 is 5.97 Å². The molecule has 0 N–H and O–H groups in total. The molecular formula is C12H11FN2O2. The molecule has 0 bridgehead atoms. The zero-order valence-corrected chi connectivity index (χ0v) is 9.26. The van der Waals surface area contributed by atoms with Gasteiger partial charge in [-0.2, -0.15) is 0 Å². The lowest BCUT2D eigenvalue weighted by Gasteiger charge is -2.07. The molecule has 2 rings (SSSR count). The average molecular weight is 234 g/mol. The topological polar surface area (TPSA) is 44.1 Å². The molecule has 0 fully saturated rings. The van der Waals surface area contributed by atoms with Gasteiger partial charge in [-0.1, -0.05) is 0 Å². The lowest BCUT2D eigenvalue weighted by atomic mass is 10.3. The molecule has 0 amide bonds. The number of aromatic nitrogens is 2. The van der Waals surface area contributed by atoms with Crippen molar-refractivity contribution in [1.29, 1.82) is 0 Å². The molecule has 0 spiro atoms. The third-order valence-corrected chi connectivity index (χ3v) is 2.23. The Morgan fingerprint density at radius 2 is 2.12 bits per heavy atom. The highest BCUT2D eigenvalue weighted by molar-refractivity contribution is 5.88. The Morgan fingerprint density at radius 3 is 2.76 bits per heavy atom. The number of halogens is 1. The van der Waals surface area contributed by atoms with Crippen LogP contribution in [0.1, 0.15) is 17.4 Å². The Kier molecular flexibility index (Phi) is 3.18. The predicted octanol–water partition coefficient (Wildman–Crippen LogP) is 2.19. The van der Waals surface area contributed by atoms with Gasteiger partial charge in [-0.05, 0) is 31.2 Å². The van der Waals surface area contributed by atoms with E-state index in [-0.39, 0.29) is 5.82 Å². The van der Waals surface area contributed by atoms with Crippen molar-refractivity contribution in [2.75, 3.05) is 6.61 Å². The second-order valence-corrected chi connectivity index (χ2v) is 3.35. The molecule has 0 unspecified atom stereocenters. The molecule has 0 saturated heterocycles. The number of ether oxygens (including phenoxy) is 1. The molecule has 17 heavy (non-hydrogen) atoms. The van der Waals surface area contributed by atoms with Crippen LogP contribution in [0.25, 0.3) is 5.69 Å². The Morgan fingerprint density at radius 1 is 1.41 bits per heavy atom. The summed E-state index contributed by atoms with van der Waals surface area (Å²) in [5.41, 5.74) is 0.977. The summed E-state index contributed by atoms with van der Waals surface area (Å²) < 4.78 is 19.2. The highest BCUT2D eigenvalue weighted by atomic mass is 19.1. The fraction of sp³-hybridized carbons (Fsp3) is 0.167. The molecule has 2 aromatic rings. The number of hydrogen-bond donors (Lipinski definition) is 0. The van der Waals surface area contributed by atoms with Crippen LogP contribution < -0.4 is 0 Å². The molecule has 0 aliphatic rings. The van der Waals surface area contributed by atoms with E-state index in [1.807, 2.05) is 0 Å². The Bertz CT molecular complexity index is 520. The van der Waals surface area contributed by atoms with E-state index < -0.39 is 5.97 Å². The summed E-state index contributed by atoms with van der Waals surface area (Å²) in [6.07, 6.45) is 2.90. The van der Waals surface area contributed by atoms with Crippen molar-refractivity contribution in [3.05, 3.63) is 48.3 Å². The maximum atomic E-state index is 12.8. The van der Waals surface area contributed by atoms with Crippen molar-refractivity contribution in [3.8, 4) is 5.69 Å². The molecule has 0 saturated carbocycles. The molecule has 0 aliphatic heterocycles. The number of rotatable bonds is 3. The van der Waals surface area contributed by atoms with Gasteiger partial charge in [0.15, 0.2) is 5.69 Å². The Hall–Kier alpha value is -2.17. The van der Waals surface area contributed by atoms with Gasteiger partial charge in [-0.25, -0.2) is 14.2 Å². The number of hydrogen-bond acceptors (Lipinski definition) is 3. The van der Waals surface area contributed by atoms with Crippen LogP contribution in [0.2, 0.25) is 0 Å². The van der Waals surface area contributed by atoms with Crippen LogP contribution in [0.15, 0.2) is 36.8 Å². The van der Waals surface area contributed by atoms with Crippen molar-refractivity contribution in [2.45, 2.75) is 6.92 Å². The highest BCUT2D eigenvalue weighted by Gasteiger charge is 2.13. The SMILES string of the molecule is CCOC(=O)c1cncn1-c1ccc(F)cc1. The van der Waals surface area contributed by atoms with Gasteiger partial charge >= 0.3 is 5.97 Å². The fourth-order valence-electron chi connectivity index (χ4n) is 1.46. The van der Waals surface area contributed by atoms with Crippen LogP contribution in [-0.4, -0.2) is 22.1 Å². The van der Waals surface area contributed by atoms with Gasteiger partial charge in [0.1, 0.15) is 5.82 Å². The van der Waals surface area contributed by atoms with Gasteiger partial charge < -0.3 is 4.74 Å². The van der Waals surface area contributed by atoms with Gasteiger partial charge in [-0.3, -0.25) is 4.57 Å². The van der Waals surface area contributed by atoms with Crippen LogP contribution >= 0.6 is 0 Å². The van der Waals surface area contributed by atoms with E-state index >= 15 is 0 Å². The quantitative estimate of drug-likeness (QED) is 0.764. The molecule has 0 aliphatic carbocycles. The standard InChI is InChI=1S/C12H11FN2O2/c1-2-17-12(16)11-7-14-8-15(11)10-5-3-9(13)4-6-10/h3-8H,2H2,1H3. The summed E-state index contributed by atoms with van der Waals surface area (Å²) in [4.78, 5) is 15.5. The summed E-state index contributed by atoms with van der Waals surface area (Å²) in [6, 6.07) is 5.79. The minimum absolute atomic E-state index is 0.299. The van der Waals surface area contributed by atoms with Gasteiger partial charge in [0.05, 0.1) is 19.1 Å².